The maximum atomic E-state index is 11.7. The van der Waals surface area contributed by atoms with Crippen molar-refractivity contribution in [3.63, 3.8) is 0 Å². The molecule has 0 spiro atoms. The molecule has 0 aliphatic heterocycles. The first-order chi connectivity index (χ1) is 9.13. The number of aromatic amines is 1. The second-order valence-electron chi connectivity index (χ2n) is 4.30. The molecule has 0 fully saturated rings. The largest absolute Gasteiger partial charge is 0.494 e. The van der Waals surface area contributed by atoms with Gasteiger partial charge in [0.25, 0.3) is 5.56 Å². The number of nitrogens with zero attached hydrogens (tertiary/aromatic N) is 1. The second-order valence-corrected chi connectivity index (χ2v) is 4.30. The average Bonchev–Trinajstić information content (AvgIpc) is 2.39. The molecule has 2 aromatic rings. The molecule has 0 saturated heterocycles. The molecule has 100 valence electrons. The van der Waals surface area contributed by atoms with Gasteiger partial charge in [-0.1, -0.05) is 37.3 Å². The Balaban J connectivity index is 2.31. The Kier molecular flexibility index (Phi) is 3.85. The molecule has 5 heteroatoms. The quantitative estimate of drug-likeness (QED) is 0.862. The first-order valence-corrected chi connectivity index (χ1v) is 6.22. The predicted molar refractivity (Wildman–Crippen MR) is 72.5 cm³/mol. The zero-order chi connectivity index (χ0) is 13.8. The van der Waals surface area contributed by atoms with Crippen molar-refractivity contribution in [2.75, 3.05) is 0 Å². The van der Waals surface area contributed by atoms with E-state index in [0.29, 0.717) is 19.4 Å². The number of hydrogen-bond donors (Lipinski definition) is 2. The van der Waals surface area contributed by atoms with Crippen LogP contribution < -0.4 is 11.2 Å². The highest BCUT2D eigenvalue weighted by Gasteiger charge is 2.12. The lowest BCUT2D eigenvalue weighted by Crippen LogP contribution is -2.32. The maximum absolute atomic E-state index is 11.7. The van der Waals surface area contributed by atoms with E-state index in [1.807, 2.05) is 30.3 Å². The van der Waals surface area contributed by atoms with E-state index in [0.717, 1.165) is 5.56 Å². The van der Waals surface area contributed by atoms with E-state index in [1.165, 1.54) is 4.57 Å². The highest BCUT2D eigenvalue weighted by Crippen LogP contribution is 2.11. The molecule has 0 unspecified atom stereocenters. The van der Waals surface area contributed by atoms with Crippen molar-refractivity contribution < 1.29 is 5.11 Å². The van der Waals surface area contributed by atoms with E-state index in [9.17, 15) is 14.7 Å². The molecule has 2 rings (SSSR count). The molecule has 2 N–H and O–H groups in total. The van der Waals surface area contributed by atoms with Crippen LogP contribution in [-0.2, 0) is 19.4 Å². The van der Waals surface area contributed by atoms with Crippen LogP contribution in [0.4, 0.5) is 0 Å². The predicted octanol–water partition coefficient (Wildman–Crippen LogP) is 1.05. The van der Waals surface area contributed by atoms with E-state index in [1.54, 1.807) is 6.92 Å². The van der Waals surface area contributed by atoms with Crippen LogP contribution in [0.15, 0.2) is 39.9 Å². The molecule has 0 atom stereocenters. The molecular weight excluding hydrogens is 244 g/mol. The standard InChI is InChI=1S/C14H16N2O3/c1-2-11-12(17)15-14(19)16(13(11)18)9-8-10-6-4-3-5-7-10/h3-7,18H,2,8-9H2,1H3,(H,15,17,19). The molecule has 1 heterocycles. The lowest BCUT2D eigenvalue weighted by atomic mass is 10.1. The van der Waals surface area contributed by atoms with Gasteiger partial charge in [-0.15, -0.1) is 0 Å². The van der Waals surface area contributed by atoms with Gasteiger partial charge in [-0.25, -0.2) is 4.79 Å². The summed E-state index contributed by atoms with van der Waals surface area (Å²) in [6.45, 7) is 2.09. The van der Waals surface area contributed by atoms with Crippen molar-refractivity contribution in [1.29, 1.82) is 0 Å². The van der Waals surface area contributed by atoms with Crippen LogP contribution in [0.5, 0.6) is 5.88 Å². The van der Waals surface area contributed by atoms with Crippen LogP contribution in [0.25, 0.3) is 0 Å². The van der Waals surface area contributed by atoms with Gasteiger partial charge >= 0.3 is 5.69 Å². The van der Waals surface area contributed by atoms with Crippen LogP contribution in [0, 0.1) is 0 Å². The van der Waals surface area contributed by atoms with E-state index >= 15 is 0 Å². The van der Waals surface area contributed by atoms with Crippen molar-refractivity contribution >= 4 is 0 Å². The molecule has 0 aliphatic rings. The third kappa shape index (κ3) is 2.76. The number of aromatic hydroxyl groups is 1. The van der Waals surface area contributed by atoms with Crippen molar-refractivity contribution in [3.8, 4) is 5.88 Å². The first kappa shape index (κ1) is 13.1. The Morgan fingerprint density at radius 3 is 2.53 bits per heavy atom. The lowest BCUT2D eigenvalue weighted by Gasteiger charge is -2.10. The fourth-order valence-corrected chi connectivity index (χ4v) is 2.01. The summed E-state index contributed by atoms with van der Waals surface area (Å²) in [7, 11) is 0. The Labute approximate surface area is 110 Å². The lowest BCUT2D eigenvalue weighted by molar-refractivity contribution is 0.393. The highest BCUT2D eigenvalue weighted by atomic mass is 16.3. The van der Waals surface area contributed by atoms with Crippen LogP contribution in [-0.4, -0.2) is 14.7 Å². The number of benzene rings is 1. The summed E-state index contributed by atoms with van der Waals surface area (Å²) in [4.78, 5) is 25.4. The van der Waals surface area contributed by atoms with Crippen molar-refractivity contribution in [1.82, 2.24) is 9.55 Å². The number of aryl methyl sites for hydroxylation is 1. The maximum Gasteiger partial charge on any atom is 0.331 e. The highest BCUT2D eigenvalue weighted by molar-refractivity contribution is 5.23. The van der Waals surface area contributed by atoms with Gasteiger partial charge < -0.3 is 5.11 Å². The minimum atomic E-state index is -0.573. The minimum absolute atomic E-state index is 0.229. The van der Waals surface area contributed by atoms with E-state index in [2.05, 4.69) is 4.98 Å². The van der Waals surface area contributed by atoms with Crippen molar-refractivity contribution in [2.45, 2.75) is 26.3 Å². The fourth-order valence-electron chi connectivity index (χ4n) is 2.01. The minimum Gasteiger partial charge on any atom is -0.494 e. The molecule has 0 bridgehead atoms. The van der Waals surface area contributed by atoms with Gasteiger partial charge in [0.1, 0.15) is 0 Å². The van der Waals surface area contributed by atoms with Crippen LogP contribution in [0.2, 0.25) is 0 Å². The molecule has 0 aliphatic carbocycles. The number of nitrogens with one attached hydrogen (secondary N) is 1. The smallest absolute Gasteiger partial charge is 0.331 e. The number of hydrogen-bond acceptors (Lipinski definition) is 3. The molecule has 5 nitrogen and oxygen atoms in total. The summed E-state index contributed by atoms with van der Waals surface area (Å²) >= 11 is 0. The summed E-state index contributed by atoms with van der Waals surface area (Å²) in [6.07, 6.45) is 0.996. The monoisotopic (exact) mass is 260 g/mol. The normalized spacial score (nSPS) is 10.6. The van der Waals surface area contributed by atoms with Crippen LogP contribution >= 0.6 is 0 Å². The number of aromatic nitrogens is 2. The van der Waals surface area contributed by atoms with E-state index < -0.39 is 11.2 Å². The van der Waals surface area contributed by atoms with E-state index in [4.69, 9.17) is 0 Å². The molecular formula is C14H16N2O3. The number of rotatable bonds is 4. The van der Waals surface area contributed by atoms with E-state index in [-0.39, 0.29) is 11.4 Å². The molecule has 1 aromatic carbocycles. The summed E-state index contributed by atoms with van der Waals surface area (Å²) in [5.74, 6) is -0.229. The SMILES string of the molecule is CCc1c(O)n(CCc2ccccc2)c(=O)[nH]c1=O. The summed E-state index contributed by atoms with van der Waals surface area (Å²) in [6, 6.07) is 9.66. The molecule has 0 radical (unpaired) electrons. The zero-order valence-corrected chi connectivity index (χ0v) is 10.7. The fraction of sp³-hybridized carbons (Fsp3) is 0.286. The van der Waals surface area contributed by atoms with Crippen molar-refractivity contribution in [3.05, 3.63) is 62.3 Å². The molecule has 0 amide bonds. The van der Waals surface area contributed by atoms with Gasteiger partial charge in [0.2, 0.25) is 5.88 Å². The topological polar surface area (TPSA) is 75.1 Å². The third-order valence-electron chi connectivity index (χ3n) is 3.09. The van der Waals surface area contributed by atoms with Crippen LogP contribution in [0.1, 0.15) is 18.1 Å². The molecule has 0 saturated carbocycles. The Morgan fingerprint density at radius 2 is 1.89 bits per heavy atom. The molecule has 19 heavy (non-hydrogen) atoms. The Morgan fingerprint density at radius 1 is 1.21 bits per heavy atom. The van der Waals surface area contributed by atoms with Crippen molar-refractivity contribution in [2.24, 2.45) is 0 Å². The van der Waals surface area contributed by atoms with Gasteiger partial charge in [0, 0.05) is 6.54 Å². The van der Waals surface area contributed by atoms with Crippen LogP contribution in [0.3, 0.4) is 0 Å². The van der Waals surface area contributed by atoms with Gasteiger partial charge in [0.05, 0.1) is 5.56 Å². The molecule has 1 aromatic heterocycles. The first-order valence-electron chi connectivity index (χ1n) is 6.22. The number of H-pyrrole nitrogens is 1. The Bertz CT molecular complexity index is 671. The second kappa shape index (κ2) is 5.56. The zero-order valence-electron chi connectivity index (χ0n) is 10.7. The summed E-state index contributed by atoms with van der Waals surface area (Å²) in [5, 5.41) is 9.97. The van der Waals surface area contributed by atoms with Gasteiger partial charge in [-0.2, -0.15) is 0 Å². The van der Waals surface area contributed by atoms with Gasteiger partial charge in [-0.05, 0) is 18.4 Å². The van der Waals surface area contributed by atoms with Gasteiger partial charge in [0.15, 0.2) is 0 Å². The van der Waals surface area contributed by atoms with Gasteiger partial charge in [-0.3, -0.25) is 14.3 Å². The summed E-state index contributed by atoms with van der Waals surface area (Å²) in [5.41, 5.74) is 0.224. The summed E-state index contributed by atoms with van der Waals surface area (Å²) < 4.78 is 1.20. The third-order valence-corrected chi connectivity index (χ3v) is 3.09. The average molecular weight is 260 g/mol. The Hall–Kier alpha value is -2.30.